The molecular formula is C24H32ClN5O2S. The van der Waals surface area contributed by atoms with Crippen molar-refractivity contribution in [3.8, 4) is 0 Å². The average molecular weight is 490 g/mol. The first-order chi connectivity index (χ1) is 16.1. The fourth-order valence-corrected chi connectivity index (χ4v) is 6.54. The van der Waals surface area contributed by atoms with Crippen LogP contribution in [0.1, 0.15) is 51.1 Å². The average Bonchev–Trinajstić information content (AvgIpc) is 3.51. The minimum Gasteiger partial charge on any atom is -0.390 e. The van der Waals surface area contributed by atoms with Crippen molar-refractivity contribution in [3.05, 3.63) is 29.2 Å². The second kappa shape index (κ2) is 9.94. The molecule has 9 heteroatoms. The highest BCUT2D eigenvalue weighted by Gasteiger charge is 2.38. The number of aliphatic hydroxyl groups excluding tert-OH is 1. The van der Waals surface area contributed by atoms with Crippen LogP contribution in [-0.2, 0) is 11.3 Å². The summed E-state index contributed by atoms with van der Waals surface area (Å²) in [5.41, 5.74) is 0.954. The van der Waals surface area contributed by atoms with E-state index >= 15 is 0 Å². The zero-order valence-electron chi connectivity index (χ0n) is 19.2. The maximum Gasteiger partial charge on any atom is 0.152 e. The van der Waals surface area contributed by atoms with E-state index < -0.39 is 0 Å². The van der Waals surface area contributed by atoms with Crippen molar-refractivity contribution in [2.75, 3.05) is 42.6 Å². The normalized spacial score (nSPS) is 22.5. The van der Waals surface area contributed by atoms with Gasteiger partial charge in [0.25, 0.3) is 0 Å². The molecule has 5 rings (SSSR count). The SMILES string of the molecule is CCC1CCCN1c1nccc(Sc2cnc(N3CCC4(CCOC4)CC3)c(CO)n2)c1Cl. The molecule has 0 aromatic carbocycles. The van der Waals surface area contributed by atoms with Gasteiger partial charge in [-0.25, -0.2) is 15.0 Å². The molecule has 0 saturated carbocycles. The third-order valence-corrected chi connectivity index (χ3v) is 8.88. The number of anilines is 2. The van der Waals surface area contributed by atoms with Crippen molar-refractivity contribution in [3.63, 3.8) is 0 Å². The number of ether oxygens (including phenoxy) is 1. The topological polar surface area (TPSA) is 74.6 Å². The molecule has 5 heterocycles. The maximum atomic E-state index is 10.0. The first-order valence-electron chi connectivity index (χ1n) is 12.0. The van der Waals surface area contributed by atoms with Crippen LogP contribution in [0.4, 0.5) is 11.6 Å². The second-order valence-electron chi connectivity index (χ2n) is 9.37. The zero-order valence-corrected chi connectivity index (χ0v) is 20.7. The minimum absolute atomic E-state index is 0.136. The molecule has 1 N–H and O–H groups in total. The highest BCUT2D eigenvalue weighted by molar-refractivity contribution is 7.99. The van der Waals surface area contributed by atoms with Crippen LogP contribution >= 0.6 is 23.4 Å². The van der Waals surface area contributed by atoms with E-state index in [9.17, 15) is 5.11 Å². The first-order valence-corrected chi connectivity index (χ1v) is 13.2. The predicted octanol–water partition coefficient (Wildman–Crippen LogP) is 4.55. The molecule has 3 fully saturated rings. The van der Waals surface area contributed by atoms with Crippen LogP contribution < -0.4 is 9.80 Å². The summed E-state index contributed by atoms with van der Waals surface area (Å²) in [4.78, 5) is 19.6. The summed E-state index contributed by atoms with van der Waals surface area (Å²) in [5.74, 6) is 1.65. The standard InChI is InChI=1S/C24H32ClN5O2S/c1-2-17-4-3-10-30(17)23-21(25)19(5-9-26-23)33-20-14-27-22(18(15-31)28-20)29-11-6-24(7-12-29)8-13-32-16-24/h5,9,14,17,31H,2-4,6-8,10-13,15-16H2,1H3. The van der Waals surface area contributed by atoms with E-state index in [1.165, 1.54) is 24.6 Å². The third kappa shape index (κ3) is 4.67. The lowest BCUT2D eigenvalue weighted by Gasteiger charge is -2.39. The molecule has 2 aromatic heterocycles. The minimum atomic E-state index is -0.136. The van der Waals surface area contributed by atoms with Crippen LogP contribution in [0.25, 0.3) is 0 Å². The molecule has 1 unspecified atom stereocenters. The van der Waals surface area contributed by atoms with E-state index in [0.717, 1.165) is 80.1 Å². The third-order valence-electron chi connectivity index (χ3n) is 7.43. The molecule has 3 aliphatic rings. The van der Waals surface area contributed by atoms with Gasteiger partial charge < -0.3 is 19.6 Å². The molecule has 3 saturated heterocycles. The fourth-order valence-electron chi connectivity index (χ4n) is 5.41. The van der Waals surface area contributed by atoms with E-state index in [2.05, 4.69) is 21.7 Å². The van der Waals surface area contributed by atoms with E-state index in [0.29, 0.717) is 22.2 Å². The molecule has 1 spiro atoms. The van der Waals surface area contributed by atoms with Gasteiger partial charge in [-0.2, -0.15) is 0 Å². The molecule has 0 bridgehead atoms. The maximum absolute atomic E-state index is 10.0. The smallest absolute Gasteiger partial charge is 0.152 e. The number of nitrogens with zero attached hydrogens (tertiary/aromatic N) is 5. The Bertz CT molecular complexity index is 977. The summed E-state index contributed by atoms with van der Waals surface area (Å²) < 4.78 is 5.65. The summed E-state index contributed by atoms with van der Waals surface area (Å²) in [6, 6.07) is 2.42. The van der Waals surface area contributed by atoms with Crippen LogP contribution in [0.3, 0.4) is 0 Å². The van der Waals surface area contributed by atoms with Crippen LogP contribution in [-0.4, -0.2) is 58.9 Å². The Kier molecular flexibility index (Phi) is 6.97. The van der Waals surface area contributed by atoms with Crippen molar-refractivity contribution in [2.45, 2.75) is 68.0 Å². The van der Waals surface area contributed by atoms with Gasteiger partial charge >= 0.3 is 0 Å². The van der Waals surface area contributed by atoms with Gasteiger partial charge in [-0.05, 0) is 50.0 Å². The van der Waals surface area contributed by atoms with Crippen molar-refractivity contribution < 1.29 is 9.84 Å². The zero-order chi connectivity index (χ0) is 22.8. The Morgan fingerprint density at radius 1 is 1.21 bits per heavy atom. The largest absolute Gasteiger partial charge is 0.390 e. The molecule has 33 heavy (non-hydrogen) atoms. The Hall–Kier alpha value is -1.61. The van der Waals surface area contributed by atoms with Gasteiger partial charge in [-0.3, -0.25) is 0 Å². The molecule has 0 radical (unpaired) electrons. The number of rotatable bonds is 6. The number of aromatic nitrogens is 3. The molecule has 0 amide bonds. The molecule has 3 aliphatic heterocycles. The summed E-state index contributed by atoms with van der Waals surface area (Å²) in [7, 11) is 0. The van der Waals surface area contributed by atoms with Crippen molar-refractivity contribution in [2.24, 2.45) is 5.41 Å². The first kappa shape index (κ1) is 23.1. The fraction of sp³-hybridized carbons (Fsp3) is 0.625. The molecule has 7 nitrogen and oxygen atoms in total. The lowest BCUT2D eigenvalue weighted by Crippen LogP contribution is -2.41. The molecular weight excluding hydrogens is 458 g/mol. The van der Waals surface area contributed by atoms with Gasteiger partial charge in [-0.1, -0.05) is 30.3 Å². The van der Waals surface area contributed by atoms with Crippen LogP contribution in [0.2, 0.25) is 5.02 Å². The van der Waals surface area contributed by atoms with Gasteiger partial charge in [0, 0.05) is 43.4 Å². The number of aliphatic hydroxyl groups is 1. The van der Waals surface area contributed by atoms with Crippen molar-refractivity contribution >= 4 is 35.0 Å². The Morgan fingerprint density at radius 3 is 2.79 bits per heavy atom. The van der Waals surface area contributed by atoms with Crippen molar-refractivity contribution in [1.82, 2.24) is 15.0 Å². The second-order valence-corrected chi connectivity index (χ2v) is 10.8. The van der Waals surface area contributed by atoms with Gasteiger partial charge in [0.15, 0.2) is 5.82 Å². The Morgan fingerprint density at radius 2 is 2.06 bits per heavy atom. The van der Waals surface area contributed by atoms with Crippen LogP contribution in [0.15, 0.2) is 28.4 Å². The molecule has 2 aromatic rings. The highest BCUT2D eigenvalue weighted by atomic mass is 35.5. The van der Waals surface area contributed by atoms with Crippen molar-refractivity contribution in [1.29, 1.82) is 0 Å². The lowest BCUT2D eigenvalue weighted by atomic mass is 9.78. The molecule has 1 atom stereocenters. The highest BCUT2D eigenvalue weighted by Crippen LogP contribution is 2.42. The number of hydrogen-bond acceptors (Lipinski definition) is 8. The summed E-state index contributed by atoms with van der Waals surface area (Å²) >= 11 is 8.28. The summed E-state index contributed by atoms with van der Waals surface area (Å²) in [6.45, 7) is 6.67. The monoisotopic (exact) mass is 489 g/mol. The predicted molar refractivity (Wildman–Crippen MR) is 131 cm³/mol. The van der Waals surface area contributed by atoms with E-state index in [4.69, 9.17) is 26.3 Å². The number of pyridine rings is 1. The Labute approximate surface area is 204 Å². The molecule has 0 aliphatic carbocycles. The van der Waals surface area contributed by atoms with Crippen LogP contribution in [0, 0.1) is 5.41 Å². The van der Waals surface area contributed by atoms with E-state index in [1.807, 2.05) is 12.3 Å². The number of halogens is 1. The van der Waals surface area contributed by atoms with E-state index in [-0.39, 0.29) is 6.61 Å². The number of piperidine rings is 1. The van der Waals surface area contributed by atoms with Gasteiger partial charge in [0.2, 0.25) is 0 Å². The van der Waals surface area contributed by atoms with Gasteiger partial charge in [0.1, 0.15) is 16.5 Å². The summed E-state index contributed by atoms with van der Waals surface area (Å²) in [6.07, 6.45) is 10.4. The van der Waals surface area contributed by atoms with Crippen LogP contribution in [0.5, 0.6) is 0 Å². The van der Waals surface area contributed by atoms with E-state index in [1.54, 1.807) is 6.20 Å². The summed E-state index contributed by atoms with van der Waals surface area (Å²) in [5, 5.41) is 11.4. The lowest BCUT2D eigenvalue weighted by molar-refractivity contribution is 0.133. The van der Waals surface area contributed by atoms with Gasteiger partial charge in [-0.15, -0.1) is 0 Å². The quantitative estimate of drug-likeness (QED) is 0.633. The van der Waals surface area contributed by atoms with Gasteiger partial charge in [0.05, 0.1) is 24.4 Å². The Balaban J connectivity index is 1.32. The molecule has 178 valence electrons. The number of hydrogen-bond donors (Lipinski definition) is 1.